The summed E-state index contributed by atoms with van der Waals surface area (Å²) >= 11 is 0. The number of halogens is 4. The number of carbonyl (C=O) groups is 3. The number of alkyl halides is 4. The topological polar surface area (TPSA) is 99.1 Å². The molecule has 0 amide bonds. The number of hydrogen-bond acceptors (Lipinski definition) is 7. The molecule has 0 aliphatic carbocycles. The molecular weight excluding hydrogens is 428 g/mol. The molecule has 31 heavy (non-hydrogen) atoms. The van der Waals surface area contributed by atoms with Gasteiger partial charge in [-0.05, 0) is 20.8 Å². The number of ether oxygens (including phenoxy) is 3. The molecule has 0 saturated heterocycles. The highest BCUT2D eigenvalue weighted by Gasteiger charge is 2.58. The smallest absolute Gasteiger partial charge is 0.333 e. The minimum atomic E-state index is -4.79. The van der Waals surface area contributed by atoms with E-state index >= 15 is 0 Å². The van der Waals surface area contributed by atoms with Crippen LogP contribution in [-0.4, -0.2) is 60.3 Å². The van der Waals surface area contributed by atoms with Gasteiger partial charge in [-0.1, -0.05) is 19.7 Å². The van der Waals surface area contributed by atoms with Crippen LogP contribution in [0.5, 0.6) is 0 Å². The van der Waals surface area contributed by atoms with Crippen molar-refractivity contribution in [1.82, 2.24) is 0 Å². The van der Waals surface area contributed by atoms with E-state index < -0.39 is 68.0 Å². The maximum Gasteiger partial charge on any atom is 0.333 e. The summed E-state index contributed by atoms with van der Waals surface area (Å²) in [7, 11) is 0. The Balaban J connectivity index is 5.28. The molecule has 0 aliphatic rings. The van der Waals surface area contributed by atoms with Gasteiger partial charge in [-0.3, -0.25) is 0 Å². The molecule has 0 rings (SSSR count). The van der Waals surface area contributed by atoms with Crippen LogP contribution < -0.4 is 0 Å². The summed E-state index contributed by atoms with van der Waals surface area (Å²) < 4.78 is 70.8. The third-order valence-electron chi connectivity index (χ3n) is 3.64. The molecule has 11 heteroatoms. The van der Waals surface area contributed by atoms with Gasteiger partial charge in [0.05, 0.1) is 12.5 Å². The lowest BCUT2D eigenvalue weighted by Gasteiger charge is -2.30. The van der Waals surface area contributed by atoms with E-state index in [-0.39, 0.29) is 16.7 Å². The van der Waals surface area contributed by atoms with Gasteiger partial charge in [0.2, 0.25) is 0 Å². The largest absolute Gasteiger partial charge is 0.460 e. The van der Waals surface area contributed by atoms with Crippen LogP contribution in [0, 0.1) is 0 Å². The second-order valence-electron chi connectivity index (χ2n) is 7.04. The van der Waals surface area contributed by atoms with E-state index in [0.29, 0.717) is 0 Å². The Morgan fingerprint density at radius 2 is 1.16 bits per heavy atom. The lowest BCUT2D eigenvalue weighted by Crippen LogP contribution is -2.47. The molecule has 7 nitrogen and oxygen atoms in total. The van der Waals surface area contributed by atoms with E-state index in [1.54, 1.807) is 0 Å². The molecule has 0 bridgehead atoms. The first kappa shape index (κ1) is 28.3. The predicted molar refractivity (Wildman–Crippen MR) is 101 cm³/mol. The SMILES string of the molecule is C=C(C)C(=O)OCC(O)CC(F)(F)C(F)(F)CC(COC(=O)C(=C)C)OC(=O)C(=C)C. The van der Waals surface area contributed by atoms with E-state index in [4.69, 9.17) is 0 Å². The molecule has 0 radical (unpaired) electrons. The summed E-state index contributed by atoms with van der Waals surface area (Å²) in [5.74, 6) is -12.7. The van der Waals surface area contributed by atoms with Crippen molar-refractivity contribution in [3.8, 4) is 0 Å². The summed E-state index contributed by atoms with van der Waals surface area (Å²) in [5, 5.41) is 9.57. The van der Waals surface area contributed by atoms with Gasteiger partial charge in [0.1, 0.15) is 19.3 Å². The first-order valence-electron chi connectivity index (χ1n) is 8.95. The quantitative estimate of drug-likeness (QED) is 0.198. The van der Waals surface area contributed by atoms with Gasteiger partial charge >= 0.3 is 29.8 Å². The van der Waals surface area contributed by atoms with Crippen LogP contribution in [-0.2, 0) is 28.6 Å². The molecule has 0 fully saturated rings. The van der Waals surface area contributed by atoms with Gasteiger partial charge < -0.3 is 19.3 Å². The third kappa shape index (κ3) is 9.77. The second kappa shape index (κ2) is 11.6. The van der Waals surface area contributed by atoms with Crippen LogP contribution in [0.1, 0.15) is 33.6 Å². The number of aliphatic hydroxyl groups excluding tert-OH is 1. The molecule has 0 spiro atoms. The van der Waals surface area contributed by atoms with Crippen LogP contribution in [0.4, 0.5) is 17.6 Å². The molecular formula is C20H26F4O7. The first-order valence-corrected chi connectivity index (χ1v) is 8.95. The van der Waals surface area contributed by atoms with Crippen LogP contribution in [0.25, 0.3) is 0 Å². The molecule has 0 aromatic heterocycles. The lowest BCUT2D eigenvalue weighted by atomic mass is 9.99. The highest BCUT2D eigenvalue weighted by molar-refractivity contribution is 5.88. The fourth-order valence-corrected chi connectivity index (χ4v) is 1.91. The summed E-state index contributed by atoms with van der Waals surface area (Å²) in [6, 6.07) is 0. The zero-order valence-electron chi connectivity index (χ0n) is 17.5. The average molecular weight is 454 g/mol. The van der Waals surface area contributed by atoms with Crippen molar-refractivity contribution in [2.45, 2.75) is 57.7 Å². The van der Waals surface area contributed by atoms with Crippen LogP contribution >= 0.6 is 0 Å². The van der Waals surface area contributed by atoms with Crippen molar-refractivity contribution in [3.63, 3.8) is 0 Å². The van der Waals surface area contributed by atoms with Gasteiger partial charge in [-0.25, -0.2) is 14.4 Å². The maximum absolute atomic E-state index is 14.3. The summed E-state index contributed by atoms with van der Waals surface area (Å²) in [4.78, 5) is 34.3. The molecule has 1 N–H and O–H groups in total. The molecule has 2 atom stereocenters. The van der Waals surface area contributed by atoms with Gasteiger partial charge in [-0.2, -0.15) is 17.6 Å². The Labute approximate surface area is 177 Å². The Hall–Kier alpha value is -2.69. The summed E-state index contributed by atoms with van der Waals surface area (Å²) in [6.45, 7) is 11.6. The fourth-order valence-electron chi connectivity index (χ4n) is 1.91. The Morgan fingerprint density at radius 3 is 1.58 bits per heavy atom. The van der Waals surface area contributed by atoms with E-state index in [1.807, 2.05) is 0 Å². The molecule has 176 valence electrons. The monoisotopic (exact) mass is 454 g/mol. The van der Waals surface area contributed by atoms with Crippen molar-refractivity contribution in [3.05, 3.63) is 36.5 Å². The Morgan fingerprint density at radius 1 is 0.774 bits per heavy atom. The van der Waals surface area contributed by atoms with Crippen molar-refractivity contribution < 1.29 is 51.3 Å². The number of rotatable bonds is 13. The molecule has 2 unspecified atom stereocenters. The van der Waals surface area contributed by atoms with Crippen LogP contribution in [0.2, 0.25) is 0 Å². The van der Waals surface area contributed by atoms with E-state index in [1.165, 1.54) is 20.8 Å². The average Bonchev–Trinajstić information content (AvgIpc) is 2.62. The molecule has 0 aromatic carbocycles. The highest BCUT2D eigenvalue weighted by Crippen LogP contribution is 2.41. The molecule has 0 aromatic rings. The van der Waals surface area contributed by atoms with Crippen molar-refractivity contribution in [2.75, 3.05) is 13.2 Å². The number of aliphatic hydroxyl groups is 1. The summed E-state index contributed by atoms with van der Waals surface area (Å²) in [6.07, 6.45) is -7.52. The molecule has 0 aliphatic heterocycles. The van der Waals surface area contributed by atoms with E-state index in [0.717, 1.165) is 0 Å². The minimum Gasteiger partial charge on any atom is -0.460 e. The fraction of sp³-hybridized carbons (Fsp3) is 0.550. The minimum absolute atomic E-state index is 0.0734. The van der Waals surface area contributed by atoms with Gasteiger partial charge in [0.15, 0.2) is 0 Å². The predicted octanol–water partition coefficient (Wildman–Crippen LogP) is 3.12. The number of esters is 3. The van der Waals surface area contributed by atoms with Crippen LogP contribution in [0.3, 0.4) is 0 Å². The molecule has 0 heterocycles. The van der Waals surface area contributed by atoms with Crippen molar-refractivity contribution >= 4 is 17.9 Å². The van der Waals surface area contributed by atoms with E-state index in [9.17, 15) is 37.1 Å². The standard InChI is InChI=1S/C20H26F4O7/c1-11(2)16(26)29-9-14(25)7-19(21,22)20(23,24)8-15(31-18(28)13(5)6)10-30-17(27)12(3)4/h14-15,25H,1,3,5,7-10H2,2,4,6H3. The number of hydrogen-bond donors (Lipinski definition) is 1. The zero-order valence-corrected chi connectivity index (χ0v) is 17.5. The Bertz CT molecular complexity index is 731. The molecule has 0 saturated carbocycles. The highest BCUT2D eigenvalue weighted by atomic mass is 19.3. The third-order valence-corrected chi connectivity index (χ3v) is 3.64. The first-order chi connectivity index (χ1) is 14.0. The van der Waals surface area contributed by atoms with E-state index in [2.05, 4.69) is 33.9 Å². The number of carbonyl (C=O) groups excluding carboxylic acids is 3. The lowest BCUT2D eigenvalue weighted by molar-refractivity contribution is -0.238. The zero-order chi connectivity index (χ0) is 24.6. The van der Waals surface area contributed by atoms with Crippen molar-refractivity contribution in [1.29, 1.82) is 0 Å². The summed E-state index contributed by atoms with van der Waals surface area (Å²) in [5.41, 5.74) is -0.355. The van der Waals surface area contributed by atoms with Gasteiger partial charge in [-0.15, -0.1) is 0 Å². The van der Waals surface area contributed by atoms with Crippen LogP contribution in [0.15, 0.2) is 36.5 Å². The van der Waals surface area contributed by atoms with Gasteiger partial charge in [0, 0.05) is 23.1 Å². The van der Waals surface area contributed by atoms with Crippen molar-refractivity contribution in [2.24, 2.45) is 0 Å². The Kier molecular flexibility index (Phi) is 10.6. The maximum atomic E-state index is 14.3. The second-order valence-corrected chi connectivity index (χ2v) is 7.04. The normalized spacial score (nSPS) is 13.5. The van der Waals surface area contributed by atoms with Gasteiger partial charge in [0.25, 0.3) is 0 Å².